The molecule has 0 saturated heterocycles. The Morgan fingerprint density at radius 2 is 1.14 bits per heavy atom. The fourth-order valence-corrected chi connectivity index (χ4v) is 5.23. The Morgan fingerprint density at radius 1 is 0.667 bits per heavy atom. The van der Waals surface area contributed by atoms with Gasteiger partial charge in [-0.15, -0.1) is 0 Å². The van der Waals surface area contributed by atoms with Crippen molar-refractivity contribution < 1.29 is 22.9 Å². The van der Waals surface area contributed by atoms with Crippen molar-refractivity contribution in [2.75, 3.05) is 5.75 Å². The second-order valence-electron chi connectivity index (χ2n) is 11.1. The Morgan fingerprint density at radius 3 is 1.69 bits per heavy atom. The zero-order valence-corrected chi connectivity index (χ0v) is 27.4. The average molecular weight is 608 g/mol. The summed E-state index contributed by atoms with van der Waals surface area (Å²) in [6.45, 7) is 4.35. The molecule has 0 fully saturated rings. The Kier molecular flexibility index (Phi) is 27.8. The highest BCUT2D eigenvalue weighted by molar-refractivity contribution is 7.85. The van der Waals surface area contributed by atoms with E-state index in [1.54, 1.807) is 0 Å². The van der Waals surface area contributed by atoms with Crippen molar-refractivity contribution in [3.05, 3.63) is 60.8 Å². The number of hydrogen-bond donors (Lipinski definition) is 3. The lowest BCUT2D eigenvalue weighted by Crippen LogP contribution is -2.46. The number of nitrogens with one attached hydrogen (secondary N) is 1. The maximum atomic E-state index is 12.4. The number of aliphatic hydroxyl groups excluding tert-OH is 1. The third kappa shape index (κ3) is 29.5. The molecule has 2 unspecified atom stereocenters. The summed E-state index contributed by atoms with van der Waals surface area (Å²) in [6, 6.07) is -1.07. The Hall–Kier alpha value is -1.96. The zero-order valence-electron chi connectivity index (χ0n) is 26.6. The predicted octanol–water partition coefficient (Wildman–Crippen LogP) is 8.95. The molecule has 0 saturated carbocycles. The lowest BCUT2D eigenvalue weighted by atomic mass is 10.1. The number of carbonyl (C=O) groups excluding carboxylic acids is 1. The fourth-order valence-electron chi connectivity index (χ4n) is 4.50. The van der Waals surface area contributed by atoms with E-state index in [0.717, 1.165) is 70.6 Å². The molecule has 0 aromatic rings. The number of unbranched alkanes of at least 4 members (excludes halogenated alkanes) is 12. The van der Waals surface area contributed by atoms with Crippen LogP contribution in [0.5, 0.6) is 0 Å². The van der Waals surface area contributed by atoms with Gasteiger partial charge in [0.1, 0.15) is 0 Å². The minimum absolute atomic E-state index is 0.265. The Bertz CT molecular complexity index is 889. The third-order valence-electron chi connectivity index (χ3n) is 6.95. The molecule has 2 atom stereocenters. The second kappa shape index (κ2) is 29.1. The van der Waals surface area contributed by atoms with Crippen LogP contribution in [0.25, 0.3) is 0 Å². The Labute approximate surface area is 258 Å². The predicted molar refractivity (Wildman–Crippen MR) is 179 cm³/mol. The van der Waals surface area contributed by atoms with Gasteiger partial charge in [-0.25, -0.2) is 0 Å². The largest absolute Gasteiger partial charge is 0.387 e. The molecule has 0 spiro atoms. The summed E-state index contributed by atoms with van der Waals surface area (Å²) in [4.78, 5) is 12.4. The molecule has 0 bridgehead atoms. The minimum atomic E-state index is -4.34. The van der Waals surface area contributed by atoms with Crippen LogP contribution >= 0.6 is 0 Å². The smallest absolute Gasteiger partial charge is 0.267 e. The van der Waals surface area contributed by atoms with Crippen molar-refractivity contribution in [1.82, 2.24) is 5.32 Å². The summed E-state index contributed by atoms with van der Waals surface area (Å²) in [6.07, 6.45) is 39.1. The number of allylic oxidation sites excluding steroid dienone is 9. The molecule has 7 heteroatoms. The van der Waals surface area contributed by atoms with Gasteiger partial charge in [0.05, 0.1) is 17.9 Å². The van der Waals surface area contributed by atoms with Gasteiger partial charge >= 0.3 is 0 Å². The van der Waals surface area contributed by atoms with E-state index in [2.05, 4.69) is 67.8 Å². The summed E-state index contributed by atoms with van der Waals surface area (Å²) >= 11 is 0. The van der Waals surface area contributed by atoms with Crippen LogP contribution in [0.3, 0.4) is 0 Å². The van der Waals surface area contributed by atoms with Gasteiger partial charge < -0.3 is 10.4 Å². The van der Waals surface area contributed by atoms with Crippen molar-refractivity contribution in [2.45, 2.75) is 148 Å². The summed E-state index contributed by atoms with van der Waals surface area (Å²) < 4.78 is 32.2. The van der Waals surface area contributed by atoms with Crippen LogP contribution in [-0.2, 0) is 14.9 Å². The first-order valence-corrected chi connectivity index (χ1v) is 18.1. The highest BCUT2D eigenvalue weighted by Gasteiger charge is 2.24. The van der Waals surface area contributed by atoms with Gasteiger partial charge in [0, 0.05) is 6.42 Å². The van der Waals surface area contributed by atoms with Gasteiger partial charge in [0.15, 0.2) is 0 Å². The van der Waals surface area contributed by atoms with E-state index in [0.29, 0.717) is 6.42 Å². The van der Waals surface area contributed by atoms with E-state index in [9.17, 15) is 22.9 Å². The quantitative estimate of drug-likeness (QED) is 0.0468. The first-order valence-electron chi connectivity index (χ1n) is 16.5. The van der Waals surface area contributed by atoms with E-state index in [-0.39, 0.29) is 12.3 Å². The van der Waals surface area contributed by atoms with E-state index < -0.39 is 28.0 Å². The van der Waals surface area contributed by atoms with Crippen LogP contribution < -0.4 is 5.32 Å². The van der Waals surface area contributed by atoms with Crippen LogP contribution in [0.2, 0.25) is 0 Å². The number of hydrogen-bond acceptors (Lipinski definition) is 4. The van der Waals surface area contributed by atoms with Crippen LogP contribution in [0, 0.1) is 0 Å². The minimum Gasteiger partial charge on any atom is -0.387 e. The highest BCUT2D eigenvalue weighted by Crippen LogP contribution is 2.11. The molecule has 0 radical (unpaired) electrons. The lowest BCUT2D eigenvalue weighted by molar-refractivity contribution is -0.122. The average Bonchev–Trinajstić information content (AvgIpc) is 2.94. The van der Waals surface area contributed by atoms with E-state index in [4.69, 9.17) is 0 Å². The molecule has 242 valence electrons. The van der Waals surface area contributed by atoms with E-state index >= 15 is 0 Å². The van der Waals surface area contributed by atoms with Crippen molar-refractivity contribution in [1.29, 1.82) is 0 Å². The van der Waals surface area contributed by atoms with Gasteiger partial charge in [-0.1, -0.05) is 132 Å². The van der Waals surface area contributed by atoms with Crippen LogP contribution in [0.15, 0.2) is 60.8 Å². The molecule has 0 aliphatic carbocycles. The Balaban J connectivity index is 4.10. The molecule has 42 heavy (non-hydrogen) atoms. The van der Waals surface area contributed by atoms with Crippen LogP contribution in [0.4, 0.5) is 0 Å². The monoisotopic (exact) mass is 607 g/mol. The lowest BCUT2D eigenvalue weighted by Gasteiger charge is -2.21. The molecular formula is C35H61NO5S. The SMILES string of the molecule is CC/C=C\C/C=C\C/C=C\C/C=C\CCCCCCC(=O)NC(CS(=O)(=O)O)C(O)/C=C/CCCCCCCCCC. The molecule has 0 heterocycles. The van der Waals surface area contributed by atoms with Crippen molar-refractivity contribution in [3.8, 4) is 0 Å². The number of amides is 1. The molecule has 0 aliphatic heterocycles. The maximum absolute atomic E-state index is 12.4. The van der Waals surface area contributed by atoms with Crippen molar-refractivity contribution in [2.24, 2.45) is 0 Å². The van der Waals surface area contributed by atoms with Gasteiger partial charge in [-0.05, 0) is 57.8 Å². The number of rotatable bonds is 28. The molecule has 0 aromatic heterocycles. The summed E-state index contributed by atoms with van der Waals surface area (Å²) in [5.41, 5.74) is 0. The van der Waals surface area contributed by atoms with E-state index in [1.165, 1.54) is 44.6 Å². The van der Waals surface area contributed by atoms with Gasteiger partial charge in [-0.2, -0.15) is 8.42 Å². The molecular weight excluding hydrogens is 546 g/mol. The first kappa shape index (κ1) is 40.0. The van der Waals surface area contributed by atoms with Crippen molar-refractivity contribution >= 4 is 16.0 Å². The first-order chi connectivity index (χ1) is 20.3. The standard InChI is InChI=1S/C35H61NO5S/c1-3-5-7-9-11-13-15-16-17-18-19-20-21-23-25-27-29-31-35(38)36-33(32-42(39,40)41)34(37)30-28-26-24-22-14-12-10-8-6-4-2/h5,7,11,13,16-17,19-20,28,30,33-34,37H,3-4,6,8-10,12,14-15,18,21-27,29,31-32H2,1-2H3,(H,36,38)(H,39,40,41)/b7-5-,13-11-,17-16-,20-19-,30-28+. The summed E-state index contributed by atoms with van der Waals surface area (Å²) in [5.74, 6) is -1.02. The topological polar surface area (TPSA) is 104 Å². The second-order valence-corrected chi connectivity index (χ2v) is 12.6. The third-order valence-corrected chi connectivity index (χ3v) is 7.73. The highest BCUT2D eigenvalue weighted by atomic mass is 32.2. The molecule has 1 amide bonds. The van der Waals surface area contributed by atoms with Crippen LogP contribution in [0.1, 0.15) is 136 Å². The van der Waals surface area contributed by atoms with Crippen molar-refractivity contribution in [3.63, 3.8) is 0 Å². The number of carbonyl (C=O) groups is 1. The molecule has 6 nitrogen and oxygen atoms in total. The molecule has 0 aromatic carbocycles. The molecule has 0 aliphatic rings. The number of aliphatic hydroxyl groups is 1. The van der Waals surface area contributed by atoms with Gasteiger partial charge in [-0.3, -0.25) is 9.35 Å². The fraction of sp³-hybridized carbons (Fsp3) is 0.686. The molecule has 0 rings (SSSR count). The normalized spacial score (nSPS) is 14.3. The van der Waals surface area contributed by atoms with Gasteiger partial charge in [0.25, 0.3) is 10.1 Å². The van der Waals surface area contributed by atoms with Gasteiger partial charge in [0.2, 0.25) is 5.91 Å². The summed E-state index contributed by atoms with van der Waals surface area (Å²) in [7, 11) is -4.34. The van der Waals surface area contributed by atoms with Crippen LogP contribution in [-0.4, -0.2) is 41.9 Å². The van der Waals surface area contributed by atoms with E-state index in [1.807, 2.05) is 6.08 Å². The zero-order chi connectivity index (χ0) is 31.2. The maximum Gasteiger partial charge on any atom is 0.267 e. The molecule has 3 N–H and O–H groups in total. The summed E-state index contributed by atoms with van der Waals surface area (Å²) in [5, 5.41) is 13.1.